The van der Waals surface area contributed by atoms with Gasteiger partial charge in [0.2, 0.25) is 0 Å². The first kappa shape index (κ1) is 30.5. The average molecular weight is 540 g/mol. The van der Waals surface area contributed by atoms with Crippen LogP contribution in [0.1, 0.15) is 10.4 Å². The lowest BCUT2D eigenvalue weighted by Crippen LogP contribution is -2.48. The standard InChI is InChI=1S/C10H8N3O7PS.C7H17NO5/c14-9(12-10-11-5-8(22-10)13(15)16)6-3-1-2-4-7(6)20-21(17,18)19;1-8-2-4(10)6(12)7(13)5(11)3-9/h1-5H,(H,11,12,14)(H2,17,18,19);4-13H,2-3H2,1H3. The monoisotopic (exact) mass is 540 g/mol. The number of anilines is 1. The van der Waals surface area contributed by atoms with Crippen LogP contribution >= 0.6 is 19.2 Å². The highest BCUT2D eigenvalue weighted by Gasteiger charge is 2.29. The number of nitrogens with one attached hydrogen (secondary N) is 2. The third-order valence-electron chi connectivity index (χ3n) is 3.98. The Morgan fingerprint density at radius 2 is 1.80 bits per heavy atom. The number of para-hydroxylation sites is 1. The van der Waals surface area contributed by atoms with Crippen LogP contribution in [0.3, 0.4) is 0 Å². The topological polar surface area (TPSA) is 265 Å². The Hall–Kier alpha value is -2.57. The third-order valence-corrected chi connectivity index (χ3v) is 5.28. The van der Waals surface area contributed by atoms with Crippen molar-refractivity contribution in [3.05, 3.63) is 46.1 Å². The van der Waals surface area contributed by atoms with E-state index in [-0.39, 0.29) is 28.0 Å². The molecule has 0 fully saturated rings. The first-order chi connectivity index (χ1) is 16.3. The second-order valence-corrected chi connectivity index (χ2v) is 8.82. The molecule has 2 rings (SSSR count). The summed E-state index contributed by atoms with van der Waals surface area (Å²) in [4.78, 5) is 43.2. The number of phosphoric ester groups is 1. The number of aliphatic hydroxyl groups excluding tert-OH is 5. The molecule has 0 aliphatic heterocycles. The molecule has 4 atom stereocenters. The molecule has 18 heteroatoms. The van der Waals surface area contributed by atoms with E-state index in [0.29, 0.717) is 11.3 Å². The van der Waals surface area contributed by atoms with Crippen LogP contribution < -0.4 is 15.2 Å². The second-order valence-electron chi connectivity index (χ2n) is 6.65. The second kappa shape index (κ2) is 14.1. The molecule has 0 bridgehead atoms. The number of nitro groups is 1. The van der Waals surface area contributed by atoms with Crippen LogP contribution in [0.15, 0.2) is 30.5 Å². The van der Waals surface area contributed by atoms with Crippen LogP contribution in [0, 0.1) is 10.1 Å². The molecule has 0 saturated carbocycles. The van der Waals surface area contributed by atoms with Gasteiger partial charge < -0.3 is 35.4 Å². The minimum absolute atomic E-state index is 0.0253. The molecule has 1 aromatic heterocycles. The van der Waals surface area contributed by atoms with Gasteiger partial charge in [0.1, 0.15) is 30.3 Å². The van der Waals surface area contributed by atoms with Crippen molar-refractivity contribution in [3.8, 4) is 5.75 Å². The summed E-state index contributed by atoms with van der Waals surface area (Å²) >= 11 is 0.646. The molecule has 0 saturated heterocycles. The van der Waals surface area contributed by atoms with E-state index in [9.17, 15) is 24.6 Å². The van der Waals surface area contributed by atoms with E-state index in [0.717, 1.165) is 6.20 Å². The highest BCUT2D eigenvalue weighted by molar-refractivity contribution is 7.46. The summed E-state index contributed by atoms with van der Waals surface area (Å²) in [6.07, 6.45) is -4.66. The van der Waals surface area contributed by atoms with Crippen molar-refractivity contribution < 1.29 is 54.1 Å². The maximum absolute atomic E-state index is 12.1. The van der Waals surface area contributed by atoms with Gasteiger partial charge in [0.05, 0.1) is 23.2 Å². The van der Waals surface area contributed by atoms with Gasteiger partial charge in [-0.1, -0.05) is 12.1 Å². The summed E-state index contributed by atoms with van der Waals surface area (Å²) in [5.74, 6) is -1.09. The summed E-state index contributed by atoms with van der Waals surface area (Å²) < 4.78 is 15.3. The first-order valence-electron chi connectivity index (χ1n) is 9.54. The van der Waals surface area contributed by atoms with Gasteiger partial charge in [-0.2, -0.15) is 0 Å². The summed E-state index contributed by atoms with van der Waals surface area (Å²) in [6, 6.07) is 5.38. The number of hydrogen-bond acceptors (Lipinski definition) is 13. The Kier molecular flexibility index (Phi) is 12.3. The molecule has 0 spiro atoms. The summed E-state index contributed by atoms with van der Waals surface area (Å²) in [7, 11) is -3.25. The lowest BCUT2D eigenvalue weighted by Gasteiger charge is -2.25. The van der Waals surface area contributed by atoms with Gasteiger partial charge in [-0.3, -0.25) is 30.0 Å². The molecule has 2 aromatic rings. The van der Waals surface area contributed by atoms with Gasteiger partial charge in [-0.15, -0.1) is 0 Å². The molecule has 0 aliphatic carbocycles. The van der Waals surface area contributed by atoms with Crippen molar-refractivity contribution >= 4 is 35.2 Å². The number of likely N-dealkylation sites (N-methyl/N-ethyl adjacent to an activating group) is 1. The molecule has 4 unspecified atom stereocenters. The highest BCUT2D eigenvalue weighted by Crippen LogP contribution is 2.39. The normalized spacial score (nSPS) is 14.6. The van der Waals surface area contributed by atoms with Crippen LogP contribution in [0.2, 0.25) is 0 Å². The van der Waals surface area contributed by atoms with Crippen LogP contribution in [0.5, 0.6) is 5.75 Å². The molecular weight excluding hydrogens is 515 g/mol. The average Bonchev–Trinajstić information content (AvgIpc) is 3.26. The van der Waals surface area contributed by atoms with Gasteiger partial charge in [-0.25, -0.2) is 9.55 Å². The Morgan fingerprint density at radius 3 is 2.31 bits per heavy atom. The Morgan fingerprint density at radius 1 is 1.20 bits per heavy atom. The fourth-order valence-corrected chi connectivity index (χ4v) is 3.37. The largest absolute Gasteiger partial charge is 0.524 e. The number of aromatic nitrogens is 1. The van der Waals surface area contributed by atoms with Gasteiger partial charge in [0.25, 0.3) is 5.91 Å². The number of carbonyl (C=O) groups is 1. The smallest absolute Gasteiger partial charge is 0.403 e. The number of rotatable bonds is 11. The van der Waals surface area contributed by atoms with Crippen LogP contribution in [-0.2, 0) is 4.57 Å². The molecular formula is C17H25N4O12PS. The summed E-state index contributed by atoms with van der Waals surface area (Å²) in [5, 5.41) is 60.0. The van der Waals surface area contributed by atoms with E-state index < -0.39 is 49.7 Å². The lowest BCUT2D eigenvalue weighted by atomic mass is 10.0. The van der Waals surface area contributed by atoms with Gasteiger partial charge >= 0.3 is 12.8 Å². The molecule has 1 heterocycles. The predicted molar refractivity (Wildman–Crippen MR) is 121 cm³/mol. The third kappa shape index (κ3) is 10.3. The van der Waals surface area contributed by atoms with E-state index in [1.807, 2.05) is 0 Å². The molecule has 0 radical (unpaired) electrons. The van der Waals surface area contributed by atoms with Gasteiger partial charge in [-0.05, 0) is 30.5 Å². The SMILES string of the molecule is CNCC(O)C(O)C(O)C(O)CO.O=C(Nc1ncc([N+](=O)[O-])s1)c1ccccc1OP(=O)(O)O. The van der Waals surface area contributed by atoms with Crippen molar-refractivity contribution in [2.75, 3.05) is 25.5 Å². The van der Waals surface area contributed by atoms with Crippen molar-refractivity contribution in [1.29, 1.82) is 0 Å². The highest BCUT2D eigenvalue weighted by atomic mass is 32.1. The molecule has 16 nitrogen and oxygen atoms in total. The minimum atomic E-state index is -4.83. The van der Waals surface area contributed by atoms with Crippen LogP contribution in [-0.4, -0.2) is 95.7 Å². The Labute approximate surface area is 201 Å². The zero-order valence-electron chi connectivity index (χ0n) is 18.0. The maximum atomic E-state index is 12.1. The number of thiazole rings is 1. The predicted octanol–water partition coefficient (Wildman–Crippen LogP) is -1.58. The molecule has 196 valence electrons. The first-order valence-corrected chi connectivity index (χ1v) is 11.9. The molecule has 9 N–H and O–H groups in total. The number of benzene rings is 1. The van der Waals surface area contributed by atoms with Crippen molar-refractivity contribution in [3.63, 3.8) is 0 Å². The van der Waals surface area contributed by atoms with E-state index >= 15 is 0 Å². The number of carbonyl (C=O) groups excluding carboxylic acids is 1. The van der Waals surface area contributed by atoms with Crippen molar-refractivity contribution in [2.45, 2.75) is 24.4 Å². The molecule has 35 heavy (non-hydrogen) atoms. The minimum Gasteiger partial charge on any atom is -0.403 e. The van der Waals surface area contributed by atoms with E-state index in [2.05, 4.69) is 20.1 Å². The summed E-state index contributed by atoms with van der Waals surface area (Å²) in [6.45, 7) is -0.569. The molecule has 0 aliphatic rings. The maximum Gasteiger partial charge on any atom is 0.524 e. The number of phosphoric acid groups is 1. The lowest BCUT2D eigenvalue weighted by molar-refractivity contribution is -0.380. The van der Waals surface area contributed by atoms with Crippen molar-refractivity contribution in [1.82, 2.24) is 10.3 Å². The molecule has 1 aromatic carbocycles. The van der Waals surface area contributed by atoms with Gasteiger partial charge in [0.15, 0.2) is 5.13 Å². The van der Waals surface area contributed by atoms with Crippen molar-refractivity contribution in [2.24, 2.45) is 0 Å². The number of aliphatic hydroxyl groups is 5. The fourth-order valence-electron chi connectivity index (χ4n) is 2.33. The number of hydrogen-bond donors (Lipinski definition) is 9. The van der Waals surface area contributed by atoms with Gasteiger partial charge in [0, 0.05) is 6.54 Å². The Bertz CT molecular complexity index is 1020. The van der Waals surface area contributed by atoms with Crippen LogP contribution in [0.25, 0.3) is 0 Å². The zero-order chi connectivity index (χ0) is 26.8. The molecule has 1 amide bonds. The van der Waals surface area contributed by atoms with E-state index in [1.54, 1.807) is 7.05 Å². The number of nitrogens with zero attached hydrogens (tertiary/aromatic N) is 2. The van der Waals surface area contributed by atoms with Crippen LogP contribution in [0.4, 0.5) is 10.1 Å². The quantitative estimate of drug-likeness (QED) is 0.0884. The van der Waals surface area contributed by atoms with E-state index in [4.69, 9.17) is 30.2 Å². The Balaban J connectivity index is 0.000000405. The van der Waals surface area contributed by atoms with E-state index in [1.165, 1.54) is 24.3 Å². The fraction of sp³-hybridized carbons (Fsp3) is 0.412. The zero-order valence-corrected chi connectivity index (χ0v) is 19.7. The number of amides is 1. The summed E-state index contributed by atoms with van der Waals surface area (Å²) in [5.41, 5.74) is -0.149.